The van der Waals surface area contributed by atoms with Crippen LogP contribution in [0.25, 0.3) is 0 Å². The number of carbonyl (C=O) groups excluding carboxylic acids is 1. The van der Waals surface area contributed by atoms with Crippen molar-refractivity contribution in [1.29, 1.82) is 0 Å². The number of hydrogen-bond donors (Lipinski definition) is 1. The maximum Gasteiger partial charge on any atom is 0.410 e. The predicted octanol–water partition coefficient (Wildman–Crippen LogP) is 3.14. The van der Waals surface area contributed by atoms with E-state index in [0.29, 0.717) is 11.5 Å². The van der Waals surface area contributed by atoms with Crippen LogP contribution in [-0.4, -0.2) is 49.4 Å². The van der Waals surface area contributed by atoms with Gasteiger partial charge in [0.2, 0.25) is 0 Å². The Morgan fingerprint density at radius 1 is 1.04 bits per heavy atom. The van der Waals surface area contributed by atoms with Gasteiger partial charge < -0.3 is 24.2 Å². The highest BCUT2D eigenvalue weighted by Gasteiger charge is 2.41. The second kappa shape index (κ2) is 8.65. The molecule has 0 bridgehead atoms. The molecule has 1 fully saturated rings. The lowest BCUT2D eigenvalue weighted by molar-refractivity contribution is -0.141. The van der Waals surface area contributed by atoms with E-state index in [1.807, 2.05) is 30.3 Å². The molecule has 1 aliphatic rings. The third-order valence-electron chi connectivity index (χ3n) is 4.90. The molecule has 2 atom stereocenters. The molecule has 1 amide bonds. The largest absolute Gasteiger partial charge is 0.497 e. The van der Waals surface area contributed by atoms with Crippen molar-refractivity contribution >= 4 is 12.1 Å². The van der Waals surface area contributed by atoms with Gasteiger partial charge in [-0.25, -0.2) is 4.79 Å². The average Bonchev–Trinajstić information content (AvgIpc) is 3.18. The van der Waals surface area contributed by atoms with Crippen LogP contribution in [0.3, 0.4) is 0 Å². The van der Waals surface area contributed by atoms with E-state index in [0.717, 1.165) is 11.1 Å². The fraction of sp³-hybridized carbons (Fsp3) is 0.333. The Bertz CT molecular complexity index is 816. The smallest absolute Gasteiger partial charge is 0.410 e. The number of methoxy groups -OCH3 is 2. The van der Waals surface area contributed by atoms with Gasteiger partial charge in [-0.2, -0.15) is 0 Å². The number of benzene rings is 2. The summed E-state index contributed by atoms with van der Waals surface area (Å²) in [6, 6.07) is 14.6. The molecule has 0 unspecified atom stereocenters. The number of nitrogens with zero attached hydrogens (tertiary/aromatic N) is 1. The van der Waals surface area contributed by atoms with Crippen molar-refractivity contribution in [3.8, 4) is 11.5 Å². The summed E-state index contributed by atoms with van der Waals surface area (Å²) in [6.07, 6.45) is -0.521. The van der Waals surface area contributed by atoms with Crippen LogP contribution in [0.4, 0.5) is 4.79 Å². The number of carboxylic acid groups (broad SMARTS) is 1. The molecule has 7 nitrogen and oxygen atoms in total. The second-order valence-corrected chi connectivity index (χ2v) is 6.64. The summed E-state index contributed by atoms with van der Waals surface area (Å²) in [5, 5.41) is 9.66. The minimum absolute atomic E-state index is 0.0904. The molecule has 148 valence electrons. The summed E-state index contributed by atoms with van der Waals surface area (Å²) >= 11 is 0. The van der Waals surface area contributed by atoms with Gasteiger partial charge in [-0.05, 0) is 23.3 Å². The number of amides is 1. The van der Waals surface area contributed by atoms with Gasteiger partial charge in [0, 0.05) is 25.1 Å². The molecule has 28 heavy (non-hydrogen) atoms. The Morgan fingerprint density at radius 2 is 1.68 bits per heavy atom. The van der Waals surface area contributed by atoms with Crippen molar-refractivity contribution in [3.63, 3.8) is 0 Å². The van der Waals surface area contributed by atoms with Gasteiger partial charge in [-0.15, -0.1) is 0 Å². The van der Waals surface area contributed by atoms with Gasteiger partial charge in [0.15, 0.2) is 0 Å². The normalized spacial score (nSPS) is 18.6. The van der Waals surface area contributed by atoms with Crippen LogP contribution in [-0.2, 0) is 16.1 Å². The summed E-state index contributed by atoms with van der Waals surface area (Å²) in [4.78, 5) is 25.7. The van der Waals surface area contributed by atoms with E-state index >= 15 is 0 Å². The molecule has 1 heterocycles. The second-order valence-electron chi connectivity index (χ2n) is 6.64. The van der Waals surface area contributed by atoms with Gasteiger partial charge in [0.05, 0.1) is 20.1 Å². The maximum atomic E-state index is 12.5. The highest BCUT2D eigenvalue weighted by atomic mass is 16.6. The average molecular weight is 385 g/mol. The van der Waals surface area contributed by atoms with Crippen molar-refractivity contribution < 1.29 is 28.9 Å². The van der Waals surface area contributed by atoms with E-state index in [1.54, 1.807) is 18.2 Å². The van der Waals surface area contributed by atoms with E-state index in [1.165, 1.54) is 19.1 Å². The lowest BCUT2D eigenvalue weighted by Crippen LogP contribution is -2.30. The number of likely N-dealkylation sites (tertiary alicyclic amines) is 1. The highest BCUT2D eigenvalue weighted by molar-refractivity contribution is 5.76. The van der Waals surface area contributed by atoms with Gasteiger partial charge in [0.25, 0.3) is 0 Å². The van der Waals surface area contributed by atoms with Crippen molar-refractivity contribution in [2.75, 3.05) is 27.3 Å². The number of carbonyl (C=O) groups is 2. The molecular weight excluding hydrogens is 362 g/mol. The lowest BCUT2D eigenvalue weighted by atomic mass is 9.89. The van der Waals surface area contributed by atoms with E-state index < -0.39 is 18.0 Å². The highest BCUT2D eigenvalue weighted by Crippen LogP contribution is 2.37. The molecule has 0 aromatic heterocycles. The zero-order valence-corrected chi connectivity index (χ0v) is 15.8. The van der Waals surface area contributed by atoms with Crippen molar-refractivity contribution in [2.45, 2.75) is 12.5 Å². The zero-order valence-electron chi connectivity index (χ0n) is 15.8. The first-order valence-corrected chi connectivity index (χ1v) is 8.93. The summed E-state index contributed by atoms with van der Waals surface area (Å²) in [5.41, 5.74) is 1.63. The van der Waals surface area contributed by atoms with Gasteiger partial charge in [-0.3, -0.25) is 4.79 Å². The maximum absolute atomic E-state index is 12.5. The van der Waals surface area contributed by atoms with Crippen molar-refractivity contribution in [1.82, 2.24) is 4.90 Å². The van der Waals surface area contributed by atoms with E-state index in [-0.39, 0.29) is 25.6 Å². The fourth-order valence-corrected chi connectivity index (χ4v) is 3.39. The van der Waals surface area contributed by atoms with Crippen LogP contribution in [0.1, 0.15) is 17.0 Å². The third-order valence-corrected chi connectivity index (χ3v) is 4.90. The number of ether oxygens (including phenoxy) is 3. The van der Waals surface area contributed by atoms with E-state index in [9.17, 15) is 14.7 Å². The van der Waals surface area contributed by atoms with E-state index in [4.69, 9.17) is 14.2 Å². The molecule has 0 spiro atoms. The monoisotopic (exact) mass is 385 g/mol. The van der Waals surface area contributed by atoms with Crippen LogP contribution in [0.5, 0.6) is 11.5 Å². The van der Waals surface area contributed by atoms with Crippen LogP contribution >= 0.6 is 0 Å². The van der Waals surface area contributed by atoms with Crippen molar-refractivity contribution in [3.05, 3.63) is 59.7 Å². The van der Waals surface area contributed by atoms with Crippen LogP contribution in [0, 0.1) is 5.92 Å². The lowest BCUT2D eigenvalue weighted by Gasteiger charge is -2.17. The first-order chi connectivity index (χ1) is 13.5. The molecule has 1 aliphatic heterocycles. The minimum Gasteiger partial charge on any atom is -0.497 e. The van der Waals surface area contributed by atoms with E-state index in [2.05, 4.69) is 0 Å². The first-order valence-electron chi connectivity index (χ1n) is 8.93. The molecular formula is C21H23NO6. The Labute approximate surface area is 163 Å². The van der Waals surface area contributed by atoms with Crippen molar-refractivity contribution in [2.24, 2.45) is 5.92 Å². The summed E-state index contributed by atoms with van der Waals surface area (Å²) in [6.45, 7) is 0.486. The van der Waals surface area contributed by atoms with Crippen LogP contribution in [0.15, 0.2) is 48.5 Å². The van der Waals surface area contributed by atoms with Gasteiger partial charge in [0.1, 0.15) is 18.1 Å². The SMILES string of the molecule is COc1cc(OC)cc([C@@H]2CN(C(=O)OCc3ccccc3)C[C@H]2C(=O)O)c1. The Kier molecular flexibility index (Phi) is 6.03. The molecule has 2 aromatic carbocycles. The van der Waals surface area contributed by atoms with Gasteiger partial charge >= 0.3 is 12.1 Å². The molecule has 0 saturated carbocycles. The Balaban J connectivity index is 1.75. The summed E-state index contributed by atoms with van der Waals surface area (Å²) < 4.78 is 15.9. The summed E-state index contributed by atoms with van der Waals surface area (Å²) in [7, 11) is 3.07. The van der Waals surface area contributed by atoms with Gasteiger partial charge in [-0.1, -0.05) is 30.3 Å². The summed E-state index contributed by atoms with van der Waals surface area (Å²) in [5.74, 6) is -0.927. The number of aliphatic carboxylic acids is 1. The molecule has 7 heteroatoms. The first kappa shape index (κ1) is 19.5. The quantitative estimate of drug-likeness (QED) is 0.822. The number of hydrogen-bond acceptors (Lipinski definition) is 5. The standard InChI is InChI=1S/C21H23NO6/c1-26-16-8-15(9-17(10-16)27-2)18-11-22(12-19(18)20(23)24)21(25)28-13-14-6-4-3-5-7-14/h3-10,18-19H,11-13H2,1-2H3,(H,23,24)/t18-,19+/m0/s1. The molecule has 1 N–H and O–H groups in total. The predicted molar refractivity (Wildman–Crippen MR) is 102 cm³/mol. The minimum atomic E-state index is -0.954. The fourth-order valence-electron chi connectivity index (χ4n) is 3.39. The molecule has 2 aromatic rings. The molecule has 3 rings (SSSR count). The Morgan fingerprint density at radius 3 is 2.25 bits per heavy atom. The van der Waals surface area contributed by atoms with Crippen LogP contribution < -0.4 is 9.47 Å². The third kappa shape index (κ3) is 4.36. The molecule has 1 saturated heterocycles. The molecule has 0 radical (unpaired) electrons. The topological polar surface area (TPSA) is 85.3 Å². The van der Waals surface area contributed by atoms with Crippen LogP contribution in [0.2, 0.25) is 0 Å². The number of rotatable bonds is 6. The zero-order chi connectivity index (χ0) is 20.1. The number of carboxylic acids is 1. The Hall–Kier alpha value is -3.22. The molecule has 0 aliphatic carbocycles.